The molecule has 7 heteroatoms. The van der Waals surface area contributed by atoms with Crippen molar-refractivity contribution in [3.05, 3.63) is 45.6 Å². The number of rotatable bonds is 6. The normalized spacial score (nSPS) is 10.4. The molecule has 1 aromatic heterocycles. The van der Waals surface area contributed by atoms with E-state index in [1.807, 2.05) is 20.8 Å². The van der Waals surface area contributed by atoms with E-state index in [4.69, 9.17) is 4.74 Å². The summed E-state index contributed by atoms with van der Waals surface area (Å²) in [5.74, 6) is -1.25. The molecule has 5 nitrogen and oxygen atoms in total. The highest BCUT2D eigenvalue weighted by Gasteiger charge is 2.22. The van der Waals surface area contributed by atoms with Crippen LogP contribution in [0.25, 0.3) is 0 Å². The third-order valence-corrected chi connectivity index (χ3v) is 4.80. The minimum Gasteiger partial charge on any atom is -0.462 e. The summed E-state index contributed by atoms with van der Waals surface area (Å²) in [5.41, 5.74) is 2.31. The Morgan fingerprint density at radius 3 is 2.64 bits per heavy atom. The third kappa shape index (κ3) is 4.57. The van der Waals surface area contributed by atoms with Crippen molar-refractivity contribution in [2.24, 2.45) is 0 Å². The lowest BCUT2D eigenvalue weighted by Crippen LogP contribution is -2.23. The number of amides is 1. The fraction of sp³-hybridized carbons (Fsp3) is 0.333. The van der Waals surface area contributed by atoms with Crippen molar-refractivity contribution in [3.63, 3.8) is 0 Å². The van der Waals surface area contributed by atoms with Gasteiger partial charge in [-0.3, -0.25) is 4.79 Å². The highest BCUT2D eigenvalue weighted by Crippen LogP contribution is 2.33. The molecule has 1 aromatic carbocycles. The topological polar surface area (TPSA) is 67.4 Å². The molecule has 0 atom stereocenters. The SMILES string of the molecule is CCOC(=O)c1c(NC(=O)CNc2cc(C)ccc2F)sc(C)c1C. The maximum absolute atomic E-state index is 13.7. The number of benzene rings is 1. The van der Waals surface area contributed by atoms with E-state index in [1.54, 1.807) is 19.1 Å². The Morgan fingerprint density at radius 1 is 1.24 bits per heavy atom. The van der Waals surface area contributed by atoms with Crippen LogP contribution in [0.3, 0.4) is 0 Å². The van der Waals surface area contributed by atoms with Gasteiger partial charge < -0.3 is 15.4 Å². The number of aryl methyl sites for hydroxylation is 2. The van der Waals surface area contributed by atoms with Crippen LogP contribution in [0.15, 0.2) is 18.2 Å². The number of hydrogen-bond donors (Lipinski definition) is 2. The van der Waals surface area contributed by atoms with E-state index in [-0.39, 0.29) is 24.7 Å². The van der Waals surface area contributed by atoms with Crippen LogP contribution in [0.5, 0.6) is 0 Å². The van der Waals surface area contributed by atoms with Gasteiger partial charge in [0, 0.05) is 4.88 Å². The van der Waals surface area contributed by atoms with Gasteiger partial charge in [-0.2, -0.15) is 0 Å². The van der Waals surface area contributed by atoms with Crippen LogP contribution in [0.1, 0.15) is 33.3 Å². The number of hydrogen-bond acceptors (Lipinski definition) is 5. The van der Waals surface area contributed by atoms with E-state index in [0.29, 0.717) is 10.6 Å². The standard InChI is InChI=1S/C18H21FN2O3S/c1-5-24-18(23)16-11(3)12(4)25-17(16)21-15(22)9-20-14-8-10(2)6-7-13(14)19/h6-8,20H,5,9H2,1-4H3,(H,21,22). The zero-order valence-corrected chi connectivity index (χ0v) is 15.5. The molecule has 0 aliphatic heterocycles. The van der Waals surface area contributed by atoms with E-state index in [9.17, 15) is 14.0 Å². The molecular weight excluding hydrogens is 343 g/mol. The van der Waals surface area contributed by atoms with Gasteiger partial charge in [-0.1, -0.05) is 6.07 Å². The smallest absolute Gasteiger partial charge is 0.341 e. The zero-order chi connectivity index (χ0) is 18.6. The van der Waals surface area contributed by atoms with Crippen molar-refractivity contribution < 1.29 is 18.7 Å². The van der Waals surface area contributed by atoms with Crippen LogP contribution < -0.4 is 10.6 Å². The number of thiophene rings is 1. The fourth-order valence-corrected chi connectivity index (χ4v) is 3.35. The molecule has 2 N–H and O–H groups in total. The Morgan fingerprint density at radius 2 is 1.96 bits per heavy atom. The van der Waals surface area contributed by atoms with Gasteiger partial charge in [0.2, 0.25) is 5.91 Å². The van der Waals surface area contributed by atoms with Gasteiger partial charge in [0.15, 0.2) is 0 Å². The summed E-state index contributed by atoms with van der Waals surface area (Å²) in [7, 11) is 0. The molecule has 0 radical (unpaired) electrons. The van der Waals surface area contributed by atoms with Crippen LogP contribution in [-0.2, 0) is 9.53 Å². The Kier molecular flexibility index (Phi) is 6.14. The Labute approximate surface area is 150 Å². The van der Waals surface area contributed by atoms with Crippen molar-refractivity contribution in [3.8, 4) is 0 Å². The first-order valence-corrected chi connectivity index (χ1v) is 8.72. The summed E-state index contributed by atoms with van der Waals surface area (Å²) in [6, 6.07) is 4.63. The van der Waals surface area contributed by atoms with Crippen molar-refractivity contribution in [1.29, 1.82) is 0 Å². The van der Waals surface area contributed by atoms with Gasteiger partial charge in [-0.25, -0.2) is 9.18 Å². The zero-order valence-electron chi connectivity index (χ0n) is 14.7. The quantitative estimate of drug-likeness (QED) is 0.759. The molecule has 1 amide bonds. The number of nitrogens with one attached hydrogen (secondary N) is 2. The number of esters is 1. The van der Waals surface area contributed by atoms with Crippen molar-refractivity contribution >= 4 is 33.9 Å². The van der Waals surface area contributed by atoms with E-state index in [0.717, 1.165) is 16.0 Å². The first-order chi connectivity index (χ1) is 11.8. The molecule has 1 heterocycles. The molecule has 2 aromatic rings. The molecule has 25 heavy (non-hydrogen) atoms. The van der Waals surface area contributed by atoms with Crippen LogP contribution in [0, 0.1) is 26.6 Å². The summed E-state index contributed by atoms with van der Waals surface area (Å²) < 4.78 is 18.8. The maximum atomic E-state index is 13.7. The van der Waals surface area contributed by atoms with Crippen LogP contribution in [0.4, 0.5) is 15.1 Å². The lowest BCUT2D eigenvalue weighted by molar-refractivity contribution is -0.114. The van der Waals surface area contributed by atoms with E-state index < -0.39 is 11.8 Å². The molecule has 0 saturated heterocycles. The average Bonchev–Trinajstić information content (AvgIpc) is 2.82. The predicted octanol–water partition coefficient (Wildman–Crippen LogP) is 4.04. The maximum Gasteiger partial charge on any atom is 0.341 e. The van der Waals surface area contributed by atoms with E-state index >= 15 is 0 Å². The first kappa shape index (κ1) is 18.9. The summed E-state index contributed by atoms with van der Waals surface area (Å²) in [4.78, 5) is 25.2. The summed E-state index contributed by atoms with van der Waals surface area (Å²) >= 11 is 1.32. The summed E-state index contributed by atoms with van der Waals surface area (Å²) in [5, 5.41) is 5.93. The Hall–Kier alpha value is -2.41. The monoisotopic (exact) mass is 364 g/mol. The van der Waals surface area contributed by atoms with E-state index in [1.165, 1.54) is 17.4 Å². The molecule has 0 bridgehead atoms. The number of carbonyl (C=O) groups is 2. The summed E-state index contributed by atoms with van der Waals surface area (Å²) in [6.07, 6.45) is 0. The van der Waals surface area contributed by atoms with Gasteiger partial charge in [0.1, 0.15) is 10.8 Å². The minimum atomic E-state index is -0.461. The molecule has 0 aliphatic rings. The second kappa shape index (κ2) is 8.11. The number of halogens is 1. The molecule has 0 unspecified atom stereocenters. The molecular formula is C18H21FN2O3S. The molecule has 134 valence electrons. The van der Waals surface area contributed by atoms with Gasteiger partial charge >= 0.3 is 5.97 Å². The highest BCUT2D eigenvalue weighted by atomic mass is 32.1. The highest BCUT2D eigenvalue weighted by molar-refractivity contribution is 7.16. The molecule has 2 rings (SSSR count). The van der Waals surface area contributed by atoms with Gasteiger partial charge in [0.25, 0.3) is 0 Å². The molecule has 0 aliphatic carbocycles. The van der Waals surface area contributed by atoms with Crippen LogP contribution >= 0.6 is 11.3 Å². The predicted molar refractivity (Wildman–Crippen MR) is 98.0 cm³/mol. The lowest BCUT2D eigenvalue weighted by Gasteiger charge is -2.10. The molecule has 0 fully saturated rings. The van der Waals surface area contributed by atoms with Gasteiger partial charge in [-0.15, -0.1) is 11.3 Å². The fourth-order valence-electron chi connectivity index (χ4n) is 2.28. The number of ether oxygens (including phenoxy) is 1. The summed E-state index contributed by atoms with van der Waals surface area (Å²) in [6.45, 7) is 7.40. The minimum absolute atomic E-state index is 0.112. The molecule has 0 saturated carbocycles. The largest absolute Gasteiger partial charge is 0.462 e. The van der Waals surface area contributed by atoms with Crippen LogP contribution in [0.2, 0.25) is 0 Å². The lowest BCUT2D eigenvalue weighted by atomic mass is 10.1. The van der Waals surface area contributed by atoms with Crippen molar-refractivity contribution in [2.45, 2.75) is 27.7 Å². The second-order valence-corrected chi connectivity index (χ2v) is 6.82. The first-order valence-electron chi connectivity index (χ1n) is 7.90. The molecule has 0 spiro atoms. The third-order valence-electron chi connectivity index (χ3n) is 3.68. The Balaban J connectivity index is 2.09. The second-order valence-electron chi connectivity index (χ2n) is 5.59. The Bertz CT molecular complexity index is 802. The van der Waals surface area contributed by atoms with Gasteiger partial charge in [0.05, 0.1) is 24.4 Å². The van der Waals surface area contributed by atoms with E-state index in [2.05, 4.69) is 10.6 Å². The number of carbonyl (C=O) groups excluding carboxylic acids is 2. The van der Waals surface area contributed by atoms with Gasteiger partial charge in [-0.05, 0) is 51.0 Å². The van der Waals surface area contributed by atoms with Crippen LogP contribution in [-0.4, -0.2) is 25.0 Å². The van der Waals surface area contributed by atoms with Crippen molar-refractivity contribution in [1.82, 2.24) is 0 Å². The van der Waals surface area contributed by atoms with Crippen molar-refractivity contribution in [2.75, 3.05) is 23.8 Å². The average molecular weight is 364 g/mol. The number of anilines is 2.